The zero-order chi connectivity index (χ0) is 10.3. The van der Waals surface area contributed by atoms with Crippen molar-refractivity contribution in [1.82, 2.24) is 4.90 Å². The Bertz CT molecular complexity index is 194. The number of hydrogen-bond acceptors (Lipinski definition) is 2. The SMILES string of the molecule is C=CCC=CCC(C(C)=O)N(C)C. The second kappa shape index (κ2) is 6.61. The molecule has 2 nitrogen and oxygen atoms in total. The van der Waals surface area contributed by atoms with Gasteiger partial charge in [-0.3, -0.25) is 9.69 Å². The summed E-state index contributed by atoms with van der Waals surface area (Å²) in [7, 11) is 3.85. The second-order valence-electron chi connectivity index (χ2n) is 3.32. The fourth-order valence-electron chi connectivity index (χ4n) is 1.16. The average molecular weight is 181 g/mol. The Morgan fingerprint density at radius 3 is 2.46 bits per heavy atom. The Morgan fingerprint density at radius 1 is 1.46 bits per heavy atom. The minimum Gasteiger partial charge on any atom is -0.300 e. The van der Waals surface area contributed by atoms with E-state index >= 15 is 0 Å². The molecular weight excluding hydrogens is 162 g/mol. The lowest BCUT2D eigenvalue weighted by atomic mass is 10.1. The Labute approximate surface area is 80.9 Å². The van der Waals surface area contributed by atoms with Crippen LogP contribution in [0.3, 0.4) is 0 Å². The van der Waals surface area contributed by atoms with Crippen molar-refractivity contribution in [2.45, 2.75) is 25.8 Å². The lowest BCUT2D eigenvalue weighted by Crippen LogP contribution is -2.33. The van der Waals surface area contributed by atoms with E-state index in [-0.39, 0.29) is 11.8 Å². The molecule has 0 radical (unpaired) electrons. The second-order valence-corrected chi connectivity index (χ2v) is 3.32. The fourth-order valence-corrected chi connectivity index (χ4v) is 1.16. The summed E-state index contributed by atoms with van der Waals surface area (Å²) in [5, 5.41) is 0. The van der Waals surface area contributed by atoms with E-state index in [4.69, 9.17) is 0 Å². The molecule has 0 aromatic rings. The highest BCUT2D eigenvalue weighted by Gasteiger charge is 2.13. The van der Waals surface area contributed by atoms with Crippen LogP contribution in [0.5, 0.6) is 0 Å². The van der Waals surface area contributed by atoms with Gasteiger partial charge in [-0.1, -0.05) is 18.2 Å². The third-order valence-electron chi connectivity index (χ3n) is 1.92. The molecule has 0 rings (SSSR count). The van der Waals surface area contributed by atoms with Gasteiger partial charge in [0.15, 0.2) is 0 Å². The van der Waals surface area contributed by atoms with Gasteiger partial charge in [-0.2, -0.15) is 0 Å². The van der Waals surface area contributed by atoms with Crippen molar-refractivity contribution in [3.05, 3.63) is 24.8 Å². The first-order valence-corrected chi connectivity index (χ1v) is 4.52. The topological polar surface area (TPSA) is 20.3 Å². The van der Waals surface area contributed by atoms with Crippen LogP contribution in [0.1, 0.15) is 19.8 Å². The van der Waals surface area contributed by atoms with E-state index in [1.807, 2.05) is 37.2 Å². The number of rotatable bonds is 6. The molecule has 0 N–H and O–H groups in total. The Hall–Kier alpha value is -0.890. The molecule has 13 heavy (non-hydrogen) atoms. The minimum atomic E-state index is 0.0149. The standard InChI is InChI=1S/C11H19NO/c1-5-6-7-8-9-11(10(2)13)12(3)4/h5,7-8,11H,1,6,9H2,2-4H3. The Kier molecular flexibility index (Phi) is 6.15. The number of carbonyl (C=O) groups is 1. The van der Waals surface area contributed by atoms with Gasteiger partial charge in [-0.05, 0) is 33.9 Å². The quantitative estimate of drug-likeness (QED) is 0.584. The third kappa shape index (κ3) is 5.36. The van der Waals surface area contributed by atoms with Gasteiger partial charge >= 0.3 is 0 Å². The lowest BCUT2D eigenvalue weighted by Gasteiger charge is -2.19. The maximum atomic E-state index is 11.2. The van der Waals surface area contributed by atoms with E-state index in [9.17, 15) is 4.79 Å². The zero-order valence-electron chi connectivity index (χ0n) is 8.79. The molecule has 0 bridgehead atoms. The number of carbonyl (C=O) groups excluding carboxylic acids is 1. The predicted molar refractivity (Wildman–Crippen MR) is 56.7 cm³/mol. The summed E-state index contributed by atoms with van der Waals surface area (Å²) in [6.45, 7) is 5.25. The molecule has 0 aliphatic heterocycles. The summed E-state index contributed by atoms with van der Waals surface area (Å²) in [5.41, 5.74) is 0. The van der Waals surface area contributed by atoms with Crippen LogP contribution in [0.15, 0.2) is 24.8 Å². The van der Waals surface area contributed by atoms with Crippen molar-refractivity contribution in [2.75, 3.05) is 14.1 Å². The molecular formula is C11H19NO. The van der Waals surface area contributed by atoms with Crippen LogP contribution in [0.2, 0.25) is 0 Å². The largest absolute Gasteiger partial charge is 0.300 e. The van der Waals surface area contributed by atoms with Crippen LogP contribution in [0.4, 0.5) is 0 Å². The highest BCUT2D eigenvalue weighted by Crippen LogP contribution is 2.02. The van der Waals surface area contributed by atoms with E-state index in [1.165, 1.54) is 0 Å². The third-order valence-corrected chi connectivity index (χ3v) is 1.92. The minimum absolute atomic E-state index is 0.0149. The van der Waals surface area contributed by atoms with E-state index < -0.39 is 0 Å². The highest BCUT2D eigenvalue weighted by molar-refractivity contribution is 5.81. The summed E-state index contributed by atoms with van der Waals surface area (Å²) in [5.74, 6) is 0.216. The molecule has 0 aromatic carbocycles. The first-order valence-electron chi connectivity index (χ1n) is 4.52. The van der Waals surface area contributed by atoms with Gasteiger partial charge in [0.1, 0.15) is 5.78 Å². The Morgan fingerprint density at radius 2 is 2.08 bits per heavy atom. The molecule has 0 aliphatic rings. The highest BCUT2D eigenvalue weighted by atomic mass is 16.1. The van der Waals surface area contributed by atoms with E-state index in [0.717, 1.165) is 12.8 Å². The molecule has 0 heterocycles. The summed E-state index contributed by atoms with van der Waals surface area (Å²) in [6, 6.07) is 0.0149. The predicted octanol–water partition coefficient (Wildman–Crippen LogP) is 2.03. The average Bonchev–Trinajstić information content (AvgIpc) is 2.02. The number of nitrogens with zero attached hydrogens (tertiary/aromatic N) is 1. The van der Waals surface area contributed by atoms with Gasteiger partial charge in [0.05, 0.1) is 6.04 Å². The van der Waals surface area contributed by atoms with Crippen molar-refractivity contribution in [3.63, 3.8) is 0 Å². The van der Waals surface area contributed by atoms with Crippen LogP contribution in [0.25, 0.3) is 0 Å². The van der Waals surface area contributed by atoms with Gasteiger partial charge < -0.3 is 0 Å². The zero-order valence-corrected chi connectivity index (χ0v) is 8.79. The fraction of sp³-hybridized carbons (Fsp3) is 0.545. The lowest BCUT2D eigenvalue weighted by molar-refractivity contribution is -0.121. The molecule has 0 saturated heterocycles. The smallest absolute Gasteiger partial charge is 0.147 e. The number of likely N-dealkylation sites (N-methyl/N-ethyl adjacent to an activating group) is 1. The normalized spacial score (nSPS) is 13.5. The van der Waals surface area contributed by atoms with Crippen molar-refractivity contribution in [3.8, 4) is 0 Å². The first-order chi connectivity index (χ1) is 6.09. The van der Waals surface area contributed by atoms with Gasteiger partial charge in [-0.25, -0.2) is 0 Å². The molecule has 0 fully saturated rings. The number of hydrogen-bond donors (Lipinski definition) is 0. The maximum Gasteiger partial charge on any atom is 0.147 e. The number of Topliss-reactive ketones (excluding diaryl/α,β-unsaturated/α-hetero) is 1. The van der Waals surface area contributed by atoms with Crippen LogP contribution >= 0.6 is 0 Å². The van der Waals surface area contributed by atoms with Crippen molar-refractivity contribution < 1.29 is 4.79 Å². The van der Waals surface area contributed by atoms with Gasteiger partial charge in [0.25, 0.3) is 0 Å². The number of allylic oxidation sites excluding steroid dienone is 2. The van der Waals surface area contributed by atoms with Gasteiger partial charge in [-0.15, -0.1) is 6.58 Å². The summed E-state index contributed by atoms with van der Waals surface area (Å²) in [4.78, 5) is 13.1. The molecule has 74 valence electrons. The van der Waals surface area contributed by atoms with Crippen LogP contribution in [0, 0.1) is 0 Å². The van der Waals surface area contributed by atoms with E-state index in [2.05, 4.69) is 6.58 Å². The van der Waals surface area contributed by atoms with Crippen LogP contribution in [-0.4, -0.2) is 30.8 Å². The first kappa shape index (κ1) is 12.1. The van der Waals surface area contributed by atoms with Crippen LogP contribution < -0.4 is 0 Å². The summed E-state index contributed by atoms with van der Waals surface area (Å²) < 4.78 is 0. The summed E-state index contributed by atoms with van der Waals surface area (Å²) >= 11 is 0. The molecule has 0 aromatic heterocycles. The molecule has 2 heteroatoms. The van der Waals surface area contributed by atoms with Crippen molar-refractivity contribution >= 4 is 5.78 Å². The molecule has 1 unspecified atom stereocenters. The van der Waals surface area contributed by atoms with E-state index in [0.29, 0.717) is 0 Å². The van der Waals surface area contributed by atoms with Gasteiger partial charge in [0.2, 0.25) is 0 Å². The maximum absolute atomic E-state index is 11.2. The molecule has 0 saturated carbocycles. The van der Waals surface area contributed by atoms with Crippen LogP contribution in [-0.2, 0) is 4.79 Å². The van der Waals surface area contributed by atoms with Crippen molar-refractivity contribution in [1.29, 1.82) is 0 Å². The van der Waals surface area contributed by atoms with Gasteiger partial charge in [0, 0.05) is 0 Å². The monoisotopic (exact) mass is 181 g/mol. The molecule has 0 amide bonds. The number of ketones is 1. The van der Waals surface area contributed by atoms with E-state index in [1.54, 1.807) is 6.92 Å². The molecule has 0 spiro atoms. The molecule has 1 atom stereocenters. The van der Waals surface area contributed by atoms with Crippen molar-refractivity contribution in [2.24, 2.45) is 0 Å². The molecule has 0 aliphatic carbocycles. The summed E-state index contributed by atoms with van der Waals surface area (Å²) in [6.07, 6.45) is 7.57. The Balaban J connectivity index is 3.96.